The number of benzene rings is 1. The van der Waals surface area contributed by atoms with Crippen LogP contribution in [0.1, 0.15) is 84.0 Å². The number of hydrogen-bond donors (Lipinski definition) is 1. The van der Waals surface area contributed by atoms with E-state index >= 15 is 0 Å². The molecule has 0 atom stereocenters. The number of anilines is 1. The van der Waals surface area contributed by atoms with Crippen molar-refractivity contribution in [2.75, 3.05) is 33.4 Å². The Labute approximate surface area is 171 Å². The van der Waals surface area contributed by atoms with Gasteiger partial charge in [-0.25, -0.2) is 0 Å². The third-order valence-electron chi connectivity index (χ3n) is 4.87. The molecule has 0 bridgehead atoms. The van der Waals surface area contributed by atoms with E-state index in [1.807, 2.05) is 6.07 Å². The molecule has 0 heterocycles. The molecule has 2 N–H and O–H groups in total. The lowest BCUT2D eigenvalue weighted by atomic mass is 10.1. The SMILES string of the molecule is CCCCCCCCCCCCCCOc1cc(OC)cc(N)c1OCOC. The van der Waals surface area contributed by atoms with E-state index in [1.54, 1.807) is 20.3 Å². The van der Waals surface area contributed by atoms with Gasteiger partial charge in [0.15, 0.2) is 18.3 Å². The quantitative estimate of drug-likeness (QED) is 0.178. The lowest BCUT2D eigenvalue weighted by Crippen LogP contribution is -2.06. The number of ether oxygens (including phenoxy) is 4. The third-order valence-corrected chi connectivity index (χ3v) is 4.87. The summed E-state index contributed by atoms with van der Waals surface area (Å²) in [5.41, 5.74) is 6.53. The van der Waals surface area contributed by atoms with Crippen molar-refractivity contribution in [3.05, 3.63) is 12.1 Å². The van der Waals surface area contributed by atoms with E-state index in [2.05, 4.69) is 6.92 Å². The van der Waals surface area contributed by atoms with Crippen molar-refractivity contribution in [1.29, 1.82) is 0 Å². The molecule has 0 amide bonds. The van der Waals surface area contributed by atoms with E-state index in [-0.39, 0.29) is 6.79 Å². The van der Waals surface area contributed by atoms with Crippen molar-refractivity contribution < 1.29 is 18.9 Å². The molecule has 0 radical (unpaired) electrons. The van der Waals surface area contributed by atoms with Gasteiger partial charge in [0.2, 0.25) is 0 Å². The summed E-state index contributed by atoms with van der Waals surface area (Å²) in [6.07, 6.45) is 15.9. The Morgan fingerprint density at radius 2 is 1.32 bits per heavy atom. The zero-order chi connectivity index (χ0) is 20.5. The minimum Gasteiger partial charge on any atom is -0.497 e. The zero-order valence-corrected chi connectivity index (χ0v) is 18.3. The Morgan fingerprint density at radius 3 is 1.86 bits per heavy atom. The average Bonchev–Trinajstić information content (AvgIpc) is 2.70. The van der Waals surface area contributed by atoms with Gasteiger partial charge in [-0.15, -0.1) is 0 Å². The first kappa shape index (κ1) is 24.4. The molecule has 0 unspecified atom stereocenters. The first-order valence-electron chi connectivity index (χ1n) is 10.9. The molecule has 0 saturated heterocycles. The number of nitrogens with two attached hydrogens (primary N) is 1. The van der Waals surface area contributed by atoms with Crippen LogP contribution in [0.5, 0.6) is 17.2 Å². The summed E-state index contributed by atoms with van der Waals surface area (Å²) in [6, 6.07) is 3.53. The standard InChI is InChI=1S/C23H41NO4/c1-4-5-6-7-8-9-10-11-12-13-14-15-16-27-22-18-20(26-3)17-21(24)23(22)28-19-25-2/h17-18H,4-16,19,24H2,1-3H3. The maximum Gasteiger partial charge on any atom is 0.189 e. The smallest absolute Gasteiger partial charge is 0.189 e. The Bertz CT molecular complexity index is 508. The number of unbranched alkanes of at least 4 members (excludes halogenated alkanes) is 11. The Morgan fingerprint density at radius 1 is 0.750 bits per heavy atom. The molecule has 1 aromatic rings. The minimum absolute atomic E-state index is 0.130. The van der Waals surface area contributed by atoms with Gasteiger partial charge in [-0.3, -0.25) is 0 Å². The molecule has 1 aromatic carbocycles. The molecular formula is C23H41NO4. The van der Waals surface area contributed by atoms with Gasteiger partial charge in [0.1, 0.15) is 5.75 Å². The summed E-state index contributed by atoms with van der Waals surface area (Å²) < 4.78 is 21.7. The van der Waals surface area contributed by atoms with Crippen molar-refractivity contribution in [2.45, 2.75) is 84.0 Å². The summed E-state index contributed by atoms with van der Waals surface area (Å²) in [5, 5.41) is 0. The molecular weight excluding hydrogens is 354 g/mol. The van der Waals surface area contributed by atoms with E-state index in [0.717, 1.165) is 6.42 Å². The fraction of sp³-hybridized carbons (Fsp3) is 0.739. The molecule has 0 aliphatic rings. The minimum atomic E-state index is 0.130. The first-order chi connectivity index (χ1) is 13.7. The van der Waals surface area contributed by atoms with Crippen LogP contribution in [0.3, 0.4) is 0 Å². The second kappa shape index (κ2) is 16.3. The summed E-state index contributed by atoms with van der Waals surface area (Å²) in [6.45, 7) is 3.05. The number of hydrogen-bond acceptors (Lipinski definition) is 5. The van der Waals surface area contributed by atoms with Crippen LogP contribution in [-0.2, 0) is 4.74 Å². The zero-order valence-electron chi connectivity index (χ0n) is 18.3. The van der Waals surface area contributed by atoms with Crippen LogP contribution in [0.15, 0.2) is 12.1 Å². The molecule has 0 aromatic heterocycles. The number of nitrogen functional groups attached to an aromatic ring is 1. The van der Waals surface area contributed by atoms with E-state index in [9.17, 15) is 0 Å². The molecule has 0 fully saturated rings. The molecule has 0 spiro atoms. The second-order valence-corrected chi connectivity index (χ2v) is 7.33. The largest absolute Gasteiger partial charge is 0.497 e. The summed E-state index contributed by atoms with van der Waals surface area (Å²) >= 11 is 0. The normalized spacial score (nSPS) is 10.8. The fourth-order valence-corrected chi connectivity index (χ4v) is 3.22. The maximum atomic E-state index is 6.04. The van der Waals surface area contributed by atoms with Gasteiger partial charge in [0.25, 0.3) is 0 Å². The number of rotatable bonds is 18. The van der Waals surface area contributed by atoms with Crippen LogP contribution in [0.25, 0.3) is 0 Å². The summed E-state index contributed by atoms with van der Waals surface area (Å²) in [7, 11) is 3.19. The van der Waals surface area contributed by atoms with Crippen molar-refractivity contribution in [3.63, 3.8) is 0 Å². The molecule has 5 nitrogen and oxygen atoms in total. The van der Waals surface area contributed by atoms with Crippen LogP contribution in [0.2, 0.25) is 0 Å². The van der Waals surface area contributed by atoms with E-state index in [4.69, 9.17) is 24.7 Å². The Kier molecular flexibility index (Phi) is 14.3. The van der Waals surface area contributed by atoms with E-state index in [0.29, 0.717) is 29.5 Å². The van der Waals surface area contributed by atoms with E-state index < -0.39 is 0 Å². The van der Waals surface area contributed by atoms with Gasteiger partial charge < -0.3 is 24.7 Å². The second-order valence-electron chi connectivity index (χ2n) is 7.33. The van der Waals surface area contributed by atoms with Crippen LogP contribution in [0.4, 0.5) is 5.69 Å². The lowest BCUT2D eigenvalue weighted by Gasteiger charge is -2.15. The Balaban J connectivity index is 2.16. The van der Waals surface area contributed by atoms with Crippen molar-refractivity contribution in [2.24, 2.45) is 0 Å². The van der Waals surface area contributed by atoms with Crippen LogP contribution in [-0.4, -0.2) is 27.6 Å². The summed E-state index contributed by atoms with van der Waals surface area (Å²) in [5.74, 6) is 1.78. The highest BCUT2D eigenvalue weighted by Crippen LogP contribution is 2.38. The molecule has 162 valence electrons. The van der Waals surface area contributed by atoms with Crippen molar-refractivity contribution in [1.82, 2.24) is 0 Å². The lowest BCUT2D eigenvalue weighted by molar-refractivity contribution is 0.0490. The van der Waals surface area contributed by atoms with Crippen molar-refractivity contribution >= 4 is 5.69 Å². The molecule has 0 aliphatic heterocycles. The van der Waals surface area contributed by atoms with E-state index in [1.165, 1.54) is 70.6 Å². The van der Waals surface area contributed by atoms with Gasteiger partial charge in [-0.1, -0.05) is 77.6 Å². The van der Waals surface area contributed by atoms with Crippen LogP contribution < -0.4 is 19.9 Å². The molecule has 28 heavy (non-hydrogen) atoms. The predicted molar refractivity (Wildman–Crippen MR) is 116 cm³/mol. The van der Waals surface area contributed by atoms with Gasteiger partial charge >= 0.3 is 0 Å². The van der Waals surface area contributed by atoms with Crippen LogP contribution in [0, 0.1) is 0 Å². The fourth-order valence-electron chi connectivity index (χ4n) is 3.22. The first-order valence-corrected chi connectivity index (χ1v) is 10.9. The topological polar surface area (TPSA) is 62.9 Å². The highest BCUT2D eigenvalue weighted by molar-refractivity contribution is 5.64. The van der Waals surface area contributed by atoms with Gasteiger partial charge in [-0.2, -0.15) is 0 Å². The molecule has 0 saturated carbocycles. The van der Waals surface area contributed by atoms with Crippen molar-refractivity contribution in [3.8, 4) is 17.2 Å². The van der Waals surface area contributed by atoms with Crippen LogP contribution >= 0.6 is 0 Å². The van der Waals surface area contributed by atoms with Gasteiger partial charge in [0, 0.05) is 19.2 Å². The molecule has 0 aliphatic carbocycles. The average molecular weight is 396 g/mol. The number of methoxy groups -OCH3 is 2. The maximum absolute atomic E-state index is 6.04. The summed E-state index contributed by atoms with van der Waals surface area (Å²) in [4.78, 5) is 0. The third kappa shape index (κ3) is 10.6. The highest BCUT2D eigenvalue weighted by atomic mass is 16.7. The Hall–Kier alpha value is -1.62. The predicted octanol–water partition coefficient (Wildman–Crippen LogP) is 6.34. The van der Waals surface area contributed by atoms with Gasteiger partial charge in [0.05, 0.1) is 19.4 Å². The monoisotopic (exact) mass is 395 g/mol. The highest BCUT2D eigenvalue weighted by Gasteiger charge is 2.12. The van der Waals surface area contributed by atoms with Gasteiger partial charge in [-0.05, 0) is 6.42 Å². The molecule has 5 heteroatoms. The molecule has 1 rings (SSSR count).